The first-order valence-corrected chi connectivity index (χ1v) is 8.06. The zero-order chi connectivity index (χ0) is 13.8. The fourth-order valence-corrected chi connectivity index (χ4v) is 3.59. The van der Waals surface area contributed by atoms with Crippen molar-refractivity contribution in [1.82, 2.24) is 4.90 Å². The number of fused-ring (bicyclic) bond motifs is 1. The summed E-state index contributed by atoms with van der Waals surface area (Å²) in [6.45, 7) is 4.00. The lowest BCUT2D eigenvalue weighted by molar-refractivity contribution is -0.0865. The van der Waals surface area contributed by atoms with Crippen LogP contribution < -0.4 is 5.32 Å². The van der Waals surface area contributed by atoms with Crippen molar-refractivity contribution in [1.29, 1.82) is 0 Å². The summed E-state index contributed by atoms with van der Waals surface area (Å²) in [5, 5.41) is 4.25. The molecule has 1 N–H and O–H groups in total. The molecule has 0 amide bonds. The highest BCUT2D eigenvalue weighted by Gasteiger charge is 2.33. The first-order valence-electron chi connectivity index (χ1n) is 7.68. The van der Waals surface area contributed by atoms with Crippen molar-refractivity contribution in [3.63, 3.8) is 0 Å². The number of morpholine rings is 1. The third-order valence-corrected chi connectivity index (χ3v) is 4.63. The number of anilines is 1. The lowest BCUT2D eigenvalue weighted by atomic mass is 9.90. The molecule has 3 nitrogen and oxygen atoms in total. The second-order valence-electron chi connectivity index (χ2n) is 5.73. The Hall–Kier alpha value is -0.770. The highest BCUT2D eigenvalue weighted by molar-refractivity contribution is 6.30. The van der Waals surface area contributed by atoms with Crippen LogP contribution in [0.25, 0.3) is 0 Å². The molecule has 2 aliphatic rings. The van der Waals surface area contributed by atoms with E-state index in [0.29, 0.717) is 12.1 Å². The number of ether oxygens (including phenoxy) is 1. The van der Waals surface area contributed by atoms with Gasteiger partial charge in [-0.05, 0) is 31.0 Å². The van der Waals surface area contributed by atoms with Crippen LogP contribution in [0, 0.1) is 0 Å². The molecule has 0 radical (unpaired) electrons. The fraction of sp³-hybridized carbons (Fsp3) is 0.625. The van der Waals surface area contributed by atoms with Crippen LogP contribution in [0.15, 0.2) is 24.3 Å². The zero-order valence-electron chi connectivity index (χ0n) is 11.9. The number of rotatable bonds is 4. The molecule has 2 fully saturated rings. The van der Waals surface area contributed by atoms with Gasteiger partial charge in [-0.15, -0.1) is 0 Å². The lowest BCUT2D eigenvalue weighted by Gasteiger charge is -2.43. The normalized spacial score (nSPS) is 27.1. The van der Waals surface area contributed by atoms with E-state index in [9.17, 15) is 0 Å². The van der Waals surface area contributed by atoms with E-state index in [-0.39, 0.29) is 0 Å². The van der Waals surface area contributed by atoms with Crippen LogP contribution in [-0.2, 0) is 4.74 Å². The molecule has 4 heteroatoms. The van der Waals surface area contributed by atoms with Crippen LogP contribution in [0.3, 0.4) is 0 Å². The van der Waals surface area contributed by atoms with Gasteiger partial charge in [-0.1, -0.05) is 30.5 Å². The van der Waals surface area contributed by atoms with E-state index in [2.05, 4.69) is 16.3 Å². The molecule has 2 atom stereocenters. The molecule has 20 heavy (non-hydrogen) atoms. The second-order valence-corrected chi connectivity index (χ2v) is 6.17. The maximum atomic E-state index is 6.00. The van der Waals surface area contributed by atoms with Crippen molar-refractivity contribution < 1.29 is 4.74 Å². The number of hydrogen-bond acceptors (Lipinski definition) is 3. The Morgan fingerprint density at radius 3 is 3.10 bits per heavy atom. The van der Waals surface area contributed by atoms with Crippen LogP contribution in [0.5, 0.6) is 0 Å². The monoisotopic (exact) mass is 294 g/mol. The smallest absolute Gasteiger partial charge is 0.0730 e. The van der Waals surface area contributed by atoms with E-state index in [1.54, 1.807) is 0 Å². The Kier molecular flexibility index (Phi) is 4.81. The molecule has 3 rings (SSSR count). The van der Waals surface area contributed by atoms with Crippen LogP contribution in [0.1, 0.15) is 25.7 Å². The molecule has 1 saturated carbocycles. The maximum absolute atomic E-state index is 6.00. The number of nitrogens with one attached hydrogen (secondary N) is 1. The Labute approximate surface area is 126 Å². The molecule has 1 aliphatic heterocycles. The molecule has 0 spiro atoms. The van der Waals surface area contributed by atoms with Crippen molar-refractivity contribution in [3.8, 4) is 0 Å². The van der Waals surface area contributed by atoms with Gasteiger partial charge in [0.1, 0.15) is 0 Å². The van der Waals surface area contributed by atoms with E-state index < -0.39 is 0 Å². The predicted octanol–water partition coefficient (Wildman–Crippen LogP) is 3.40. The summed E-state index contributed by atoms with van der Waals surface area (Å²) < 4.78 is 5.91. The summed E-state index contributed by atoms with van der Waals surface area (Å²) in [6.07, 6.45) is 5.69. The number of benzene rings is 1. The highest BCUT2D eigenvalue weighted by Crippen LogP contribution is 2.28. The molecular weight excluding hydrogens is 272 g/mol. The number of halogens is 1. The summed E-state index contributed by atoms with van der Waals surface area (Å²) in [5.41, 5.74) is 1.10. The van der Waals surface area contributed by atoms with E-state index in [1.807, 2.05) is 18.2 Å². The van der Waals surface area contributed by atoms with Gasteiger partial charge in [-0.2, -0.15) is 0 Å². The summed E-state index contributed by atoms with van der Waals surface area (Å²) >= 11 is 6.00. The van der Waals surface area contributed by atoms with Gasteiger partial charge < -0.3 is 10.1 Å². The molecule has 0 bridgehead atoms. The standard InChI is InChI=1S/C16H23ClN2O/c17-13-4-3-5-14(12-13)18-8-9-19-10-11-20-16-7-2-1-6-15(16)19/h3-5,12,15-16,18H,1-2,6-11H2. The molecule has 1 aliphatic carbocycles. The van der Waals surface area contributed by atoms with E-state index in [0.717, 1.165) is 37.0 Å². The Morgan fingerprint density at radius 2 is 2.20 bits per heavy atom. The van der Waals surface area contributed by atoms with Crippen molar-refractivity contribution in [3.05, 3.63) is 29.3 Å². The summed E-state index contributed by atoms with van der Waals surface area (Å²) in [4.78, 5) is 2.60. The molecule has 1 aromatic carbocycles. The second kappa shape index (κ2) is 6.79. The third-order valence-electron chi connectivity index (χ3n) is 4.40. The van der Waals surface area contributed by atoms with Crippen LogP contribution >= 0.6 is 11.6 Å². The van der Waals surface area contributed by atoms with Gasteiger partial charge >= 0.3 is 0 Å². The fourth-order valence-electron chi connectivity index (χ4n) is 3.40. The SMILES string of the molecule is Clc1cccc(NCCN2CCOC3CCCCC32)c1. The molecule has 0 aromatic heterocycles. The molecule has 110 valence electrons. The lowest BCUT2D eigenvalue weighted by Crippen LogP contribution is -2.53. The molecule has 1 heterocycles. The summed E-state index contributed by atoms with van der Waals surface area (Å²) in [6, 6.07) is 8.57. The van der Waals surface area contributed by atoms with Crippen molar-refractivity contribution in [2.24, 2.45) is 0 Å². The van der Waals surface area contributed by atoms with Crippen LogP contribution in [0.4, 0.5) is 5.69 Å². The average molecular weight is 295 g/mol. The minimum Gasteiger partial charge on any atom is -0.384 e. The van der Waals surface area contributed by atoms with Crippen molar-refractivity contribution in [2.75, 3.05) is 31.6 Å². The first-order chi connectivity index (χ1) is 9.83. The maximum Gasteiger partial charge on any atom is 0.0730 e. The van der Waals surface area contributed by atoms with Crippen molar-refractivity contribution >= 4 is 17.3 Å². The van der Waals surface area contributed by atoms with Gasteiger partial charge in [0, 0.05) is 36.4 Å². The first kappa shape index (κ1) is 14.2. The largest absolute Gasteiger partial charge is 0.384 e. The predicted molar refractivity (Wildman–Crippen MR) is 83.5 cm³/mol. The minimum absolute atomic E-state index is 0.476. The van der Waals surface area contributed by atoms with Crippen molar-refractivity contribution in [2.45, 2.75) is 37.8 Å². The average Bonchev–Trinajstić information content (AvgIpc) is 2.48. The summed E-state index contributed by atoms with van der Waals surface area (Å²) in [5.74, 6) is 0. The van der Waals surface area contributed by atoms with Gasteiger partial charge in [-0.25, -0.2) is 0 Å². The Bertz CT molecular complexity index is 438. The van der Waals surface area contributed by atoms with Gasteiger partial charge in [-0.3, -0.25) is 4.90 Å². The highest BCUT2D eigenvalue weighted by atomic mass is 35.5. The molecule has 2 unspecified atom stereocenters. The number of hydrogen-bond donors (Lipinski definition) is 1. The quantitative estimate of drug-likeness (QED) is 0.921. The Balaban J connectivity index is 1.50. The molecule has 1 aromatic rings. The van der Waals surface area contributed by atoms with Gasteiger partial charge in [0.05, 0.1) is 12.7 Å². The van der Waals surface area contributed by atoms with Crippen LogP contribution in [0.2, 0.25) is 5.02 Å². The molecular formula is C16H23ClN2O. The van der Waals surface area contributed by atoms with E-state index >= 15 is 0 Å². The van der Waals surface area contributed by atoms with Gasteiger partial charge in [0.2, 0.25) is 0 Å². The molecule has 1 saturated heterocycles. The van der Waals surface area contributed by atoms with Crippen LogP contribution in [-0.4, -0.2) is 43.3 Å². The minimum atomic E-state index is 0.476. The summed E-state index contributed by atoms with van der Waals surface area (Å²) in [7, 11) is 0. The van der Waals surface area contributed by atoms with Gasteiger partial charge in [0.25, 0.3) is 0 Å². The van der Waals surface area contributed by atoms with E-state index in [4.69, 9.17) is 16.3 Å². The van der Waals surface area contributed by atoms with Gasteiger partial charge in [0.15, 0.2) is 0 Å². The van der Waals surface area contributed by atoms with E-state index in [1.165, 1.54) is 25.7 Å². The topological polar surface area (TPSA) is 24.5 Å². The zero-order valence-corrected chi connectivity index (χ0v) is 12.6. The Morgan fingerprint density at radius 1 is 1.30 bits per heavy atom. The number of nitrogens with zero attached hydrogens (tertiary/aromatic N) is 1. The third kappa shape index (κ3) is 3.46.